The highest BCUT2D eigenvalue weighted by Crippen LogP contribution is 2.30. The number of anilines is 2. The summed E-state index contributed by atoms with van der Waals surface area (Å²) in [5, 5.41) is 13.4. The molecule has 34 heavy (non-hydrogen) atoms. The Morgan fingerprint density at radius 3 is 2.74 bits per heavy atom. The summed E-state index contributed by atoms with van der Waals surface area (Å²) < 4.78 is 5.34. The number of benzene rings is 1. The molecule has 4 aromatic rings. The van der Waals surface area contributed by atoms with Crippen LogP contribution in [0.4, 0.5) is 11.5 Å². The molecule has 1 aliphatic heterocycles. The van der Waals surface area contributed by atoms with Crippen molar-refractivity contribution < 1.29 is 4.74 Å². The standard InChI is InChI=1S/C26H27N7O/c1-17-29-25(13-26(30-17)32-21-4-3-20(14-27)28-15-21)18-7-9-33(10-8-18)16-22-11-19-12-23(34-2)5-6-24(19)31-22/h3-6,11-13,15,18,31H,7-10,16H2,1-2H3,(H,29,30,32). The van der Waals surface area contributed by atoms with Crippen LogP contribution in [0.5, 0.6) is 5.75 Å². The average Bonchev–Trinajstić information content (AvgIpc) is 3.26. The normalized spacial score (nSPS) is 14.7. The number of ether oxygens (including phenoxy) is 1. The zero-order valence-electron chi connectivity index (χ0n) is 19.4. The van der Waals surface area contributed by atoms with E-state index in [2.05, 4.69) is 43.4 Å². The van der Waals surface area contributed by atoms with E-state index in [1.54, 1.807) is 19.4 Å². The Morgan fingerprint density at radius 1 is 1.15 bits per heavy atom. The summed E-state index contributed by atoms with van der Waals surface area (Å²) in [6.45, 7) is 4.88. The topological polar surface area (TPSA) is 103 Å². The molecule has 0 amide bonds. The van der Waals surface area contributed by atoms with Gasteiger partial charge in [0.1, 0.15) is 29.2 Å². The number of hydrogen-bond acceptors (Lipinski definition) is 7. The monoisotopic (exact) mass is 453 g/mol. The highest BCUT2D eigenvalue weighted by molar-refractivity contribution is 5.81. The SMILES string of the molecule is COc1ccc2[nH]c(CN3CCC(c4cc(Nc5ccc(C#N)nc5)nc(C)n4)CC3)cc2c1. The molecule has 1 fully saturated rings. The van der Waals surface area contributed by atoms with Crippen molar-refractivity contribution in [1.29, 1.82) is 5.26 Å². The molecule has 8 heteroatoms. The molecule has 0 radical (unpaired) electrons. The number of aromatic nitrogens is 4. The summed E-state index contributed by atoms with van der Waals surface area (Å²) in [7, 11) is 1.70. The van der Waals surface area contributed by atoms with Crippen LogP contribution in [0.1, 0.15) is 41.7 Å². The number of aryl methyl sites for hydroxylation is 1. The molecule has 1 aliphatic rings. The third-order valence-electron chi connectivity index (χ3n) is 6.29. The molecule has 4 heterocycles. The van der Waals surface area contributed by atoms with Crippen LogP contribution in [0.2, 0.25) is 0 Å². The maximum atomic E-state index is 8.93. The summed E-state index contributed by atoms with van der Waals surface area (Å²) >= 11 is 0. The minimum atomic E-state index is 0.393. The quantitative estimate of drug-likeness (QED) is 0.437. The van der Waals surface area contributed by atoms with Gasteiger partial charge in [-0.2, -0.15) is 5.26 Å². The number of nitriles is 1. The van der Waals surface area contributed by atoms with Gasteiger partial charge >= 0.3 is 0 Å². The van der Waals surface area contributed by atoms with E-state index in [1.807, 2.05) is 31.2 Å². The van der Waals surface area contributed by atoms with Crippen molar-refractivity contribution in [2.45, 2.75) is 32.2 Å². The fourth-order valence-corrected chi connectivity index (χ4v) is 4.56. The van der Waals surface area contributed by atoms with Gasteiger partial charge in [-0.25, -0.2) is 15.0 Å². The molecule has 0 aliphatic carbocycles. The van der Waals surface area contributed by atoms with Crippen LogP contribution in [-0.4, -0.2) is 45.0 Å². The molecule has 1 aromatic carbocycles. The molecule has 5 rings (SSSR count). The second-order valence-corrected chi connectivity index (χ2v) is 8.69. The van der Waals surface area contributed by atoms with E-state index >= 15 is 0 Å². The third kappa shape index (κ3) is 4.85. The summed E-state index contributed by atoms with van der Waals surface area (Å²) in [6.07, 6.45) is 3.76. The second-order valence-electron chi connectivity index (χ2n) is 8.69. The first kappa shape index (κ1) is 21.9. The van der Waals surface area contributed by atoms with Crippen molar-refractivity contribution in [3.63, 3.8) is 0 Å². The fraction of sp³-hybridized carbons (Fsp3) is 0.308. The van der Waals surface area contributed by atoms with Crippen molar-refractivity contribution in [2.24, 2.45) is 0 Å². The van der Waals surface area contributed by atoms with Crippen LogP contribution >= 0.6 is 0 Å². The Labute approximate surface area is 198 Å². The molecule has 3 aromatic heterocycles. The molecular formula is C26H27N7O. The minimum absolute atomic E-state index is 0.393. The maximum absolute atomic E-state index is 8.93. The summed E-state index contributed by atoms with van der Waals surface area (Å²) in [4.78, 5) is 19.4. The van der Waals surface area contributed by atoms with E-state index < -0.39 is 0 Å². The lowest BCUT2D eigenvalue weighted by Gasteiger charge is -2.31. The van der Waals surface area contributed by atoms with Crippen LogP contribution in [0.3, 0.4) is 0 Å². The Kier molecular flexibility index (Phi) is 6.11. The lowest BCUT2D eigenvalue weighted by Crippen LogP contribution is -2.32. The van der Waals surface area contributed by atoms with E-state index in [1.165, 1.54) is 11.1 Å². The number of methoxy groups -OCH3 is 1. The zero-order chi connectivity index (χ0) is 23.5. The number of aromatic amines is 1. The van der Waals surface area contributed by atoms with Gasteiger partial charge in [0.05, 0.1) is 19.0 Å². The number of hydrogen-bond donors (Lipinski definition) is 2. The average molecular weight is 454 g/mol. The lowest BCUT2D eigenvalue weighted by atomic mass is 9.93. The largest absolute Gasteiger partial charge is 0.497 e. The van der Waals surface area contributed by atoms with Crippen molar-refractivity contribution in [3.8, 4) is 11.8 Å². The predicted octanol–water partition coefficient (Wildman–Crippen LogP) is 4.66. The van der Waals surface area contributed by atoms with E-state index in [0.29, 0.717) is 11.6 Å². The van der Waals surface area contributed by atoms with Gasteiger partial charge in [-0.1, -0.05) is 0 Å². The number of nitrogens with one attached hydrogen (secondary N) is 2. The molecule has 2 N–H and O–H groups in total. The van der Waals surface area contributed by atoms with Gasteiger partial charge in [0.2, 0.25) is 0 Å². The molecular weight excluding hydrogens is 426 g/mol. The van der Waals surface area contributed by atoms with Crippen LogP contribution in [0, 0.1) is 18.3 Å². The van der Waals surface area contributed by atoms with Crippen molar-refractivity contribution >= 4 is 22.4 Å². The van der Waals surface area contributed by atoms with E-state index in [-0.39, 0.29) is 0 Å². The lowest BCUT2D eigenvalue weighted by molar-refractivity contribution is 0.201. The van der Waals surface area contributed by atoms with E-state index in [4.69, 9.17) is 15.0 Å². The second kappa shape index (κ2) is 9.49. The van der Waals surface area contributed by atoms with E-state index in [9.17, 15) is 0 Å². The minimum Gasteiger partial charge on any atom is -0.497 e. The van der Waals surface area contributed by atoms with Gasteiger partial charge in [-0.15, -0.1) is 0 Å². The first-order valence-corrected chi connectivity index (χ1v) is 11.5. The molecule has 0 bridgehead atoms. The van der Waals surface area contributed by atoms with Crippen molar-refractivity contribution in [2.75, 3.05) is 25.5 Å². The number of pyridine rings is 1. The van der Waals surface area contributed by atoms with Crippen LogP contribution in [-0.2, 0) is 6.54 Å². The summed E-state index contributed by atoms with van der Waals surface area (Å²) in [6, 6.07) is 15.9. The molecule has 8 nitrogen and oxygen atoms in total. The number of likely N-dealkylation sites (tertiary alicyclic amines) is 1. The third-order valence-corrected chi connectivity index (χ3v) is 6.29. The summed E-state index contributed by atoms with van der Waals surface area (Å²) in [5.74, 6) is 2.79. The van der Waals surface area contributed by atoms with Gasteiger partial charge in [-0.05, 0) is 69.3 Å². The Balaban J connectivity index is 1.22. The predicted molar refractivity (Wildman–Crippen MR) is 131 cm³/mol. The molecule has 172 valence electrons. The first-order chi connectivity index (χ1) is 16.6. The zero-order valence-corrected chi connectivity index (χ0v) is 19.4. The molecule has 0 atom stereocenters. The van der Waals surface area contributed by atoms with Crippen LogP contribution in [0.25, 0.3) is 10.9 Å². The molecule has 0 saturated carbocycles. The number of nitrogens with zero attached hydrogens (tertiary/aromatic N) is 5. The molecule has 0 unspecified atom stereocenters. The van der Waals surface area contributed by atoms with Gasteiger partial charge in [0.25, 0.3) is 0 Å². The Morgan fingerprint density at radius 2 is 2.00 bits per heavy atom. The number of H-pyrrole nitrogens is 1. The van der Waals surface area contributed by atoms with Gasteiger partial charge in [0, 0.05) is 40.8 Å². The number of fused-ring (bicyclic) bond motifs is 1. The molecule has 1 saturated heterocycles. The highest BCUT2D eigenvalue weighted by Gasteiger charge is 2.23. The van der Waals surface area contributed by atoms with Gasteiger partial charge < -0.3 is 15.0 Å². The van der Waals surface area contributed by atoms with Crippen molar-refractivity contribution in [3.05, 3.63) is 71.6 Å². The summed E-state index contributed by atoms with van der Waals surface area (Å²) in [5.41, 5.74) is 4.63. The Hall–Kier alpha value is -3.96. The first-order valence-electron chi connectivity index (χ1n) is 11.5. The van der Waals surface area contributed by atoms with Crippen LogP contribution in [0.15, 0.2) is 48.7 Å². The highest BCUT2D eigenvalue weighted by atomic mass is 16.5. The van der Waals surface area contributed by atoms with Gasteiger partial charge in [-0.3, -0.25) is 4.90 Å². The van der Waals surface area contributed by atoms with Crippen LogP contribution < -0.4 is 10.1 Å². The van der Waals surface area contributed by atoms with E-state index in [0.717, 1.165) is 66.8 Å². The van der Waals surface area contributed by atoms with Gasteiger partial charge in [0.15, 0.2) is 0 Å². The number of rotatable bonds is 6. The molecule has 0 spiro atoms. The van der Waals surface area contributed by atoms with Crippen molar-refractivity contribution in [1.82, 2.24) is 24.8 Å². The maximum Gasteiger partial charge on any atom is 0.140 e. The fourth-order valence-electron chi connectivity index (χ4n) is 4.56. The smallest absolute Gasteiger partial charge is 0.140 e. The Bertz CT molecular complexity index is 1330. The number of piperidine rings is 1.